The Hall–Kier alpha value is -2.89. The Balaban J connectivity index is 1.51. The Bertz CT molecular complexity index is 858. The van der Waals surface area contributed by atoms with E-state index < -0.39 is 0 Å². The highest BCUT2D eigenvalue weighted by Gasteiger charge is 2.27. The van der Waals surface area contributed by atoms with Crippen molar-refractivity contribution in [2.45, 2.75) is 19.5 Å². The van der Waals surface area contributed by atoms with Crippen LogP contribution in [0.2, 0.25) is 0 Å². The highest BCUT2D eigenvalue weighted by atomic mass is 19.1. The molecule has 0 unspecified atom stereocenters. The van der Waals surface area contributed by atoms with E-state index in [0.29, 0.717) is 38.3 Å². The SMILES string of the molecule is COc1ccc(F)cc1C[NH+]1CC[NH+](CC(=O)N(CCC#N)Cc2ccco2)CC1. The molecule has 0 saturated carbocycles. The summed E-state index contributed by atoms with van der Waals surface area (Å²) in [6.07, 6.45) is 1.89. The average Bonchev–Trinajstić information content (AvgIpc) is 3.26. The first-order chi connectivity index (χ1) is 14.6. The second kappa shape index (κ2) is 10.8. The first kappa shape index (κ1) is 21.8. The average molecular weight is 416 g/mol. The summed E-state index contributed by atoms with van der Waals surface area (Å²) in [7, 11) is 1.60. The molecule has 3 rings (SSSR count). The summed E-state index contributed by atoms with van der Waals surface area (Å²) >= 11 is 0. The number of methoxy groups -OCH3 is 1. The van der Waals surface area contributed by atoms with Gasteiger partial charge in [-0.05, 0) is 30.3 Å². The van der Waals surface area contributed by atoms with Crippen LogP contribution in [0, 0.1) is 17.1 Å². The second-order valence-electron chi connectivity index (χ2n) is 7.61. The minimum atomic E-state index is -0.255. The number of benzene rings is 1. The lowest BCUT2D eigenvalue weighted by Crippen LogP contribution is -3.28. The van der Waals surface area contributed by atoms with E-state index in [1.54, 1.807) is 30.4 Å². The summed E-state index contributed by atoms with van der Waals surface area (Å²) in [6.45, 7) is 5.43. The van der Waals surface area contributed by atoms with E-state index in [-0.39, 0.29) is 11.7 Å². The van der Waals surface area contributed by atoms with E-state index in [4.69, 9.17) is 14.4 Å². The summed E-state index contributed by atoms with van der Waals surface area (Å²) < 4.78 is 24.3. The number of nitriles is 1. The number of piperazine rings is 1. The molecule has 2 N–H and O–H groups in total. The molecular weight excluding hydrogens is 387 g/mol. The van der Waals surface area contributed by atoms with Gasteiger partial charge in [0.25, 0.3) is 5.91 Å². The van der Waals surface area contributed by atoms with Crippen molar-refractivity contribution >= 4 is 5.91 Å². The van der Waals surface area contributed by atoms with Gasteiger partial charge < -0.3 is 23.9 Å². The summed E-state index contributed by atoms with van der Waals surface area (Å²) in [4.78, 5) is 17.1. The van der Waals surface area contributed by atoms with Crippen LogP contribution in [-0.4, -0.2) is 57.2 Å². The number of carbonyl (C=O) groups excluding carboxylic acids is 1. The van der Waals surface area contributed by atoms with Crippen molar-refractivity contribution in [1.29, 1.82) is 5.26 Å². The van der Waals surface area contributed by atoms with Crippen molar-refractivity contribution in [3.63, 3.8) is 0 Å². The molecule has 1 aromatic heterocycles. The highest BCUT2D eigenvalue weighted by Crippen LogP contribution is 2.18. The van der Waals surface area contributed by atoms with Crippen LogP contribution in [0.5, 0.6) is 5.75 Å². The highest BCUT2D eigenvalue weighted by molar-refractivity contribution is 5.77. The first-order valence-electron chi connectivity index (χ1n) is 10.3. The zero-order valence-electron chi connectivity index (χ0n) is 17.3. The Morgan fingerprint density at radius 3 is 2.70 bits per heavy atom. The lowest BCUT2D eigenvalue weighted by molar-refractivity contribution is -1.02. The summed E-state index contributed by atoms with van der Waals surface area (Å²) in [5, 5.41) is 8.90. The number of nitrogens with one attached hydrogen (secondary N) is 2. The molecule has 1 aromatic carbocycles. The van der Waals surface area contributed by atoms with Crippen LogP contribution in [0.4, 0.5) is 4.39 Å². The molecule has 2 aromatic rings. The van der Waals surface area contributed by atoms with E-state index in [0.717, 1.165) is 37.5 Å². The number of hydrogen-bond acceptors (Lipinski definition) is 4. The molecule has 7 nitrogen and oxygen atoms in total. The zero-order chi connectivity index (χ0) is 21.3. The Morgan fingerprint density at radius 1 is 1.27 bits per heavy atom. The first-order valence-corrected chi connectivity index (χ1v) is 10.3. The monoisotopic (exact) mass is 416 g/mol. The number of nitrogens with zero attached hydrogens (tertiary/aromatic N) is 2. The van der Waals surface area contributed by atoms with Gasteiger partial charge in [0, 0.05) is 6.54 Å². The predicted octanol–water partition coefficient (Wildman–Crippen LogP) is -0.347. The van der Waals surface area contributed by atoms with Crippen molar-refractivity contribution in [1.82, 2.24) is 4.90 Å². The number of carbonyl (C=O) groups is 1. The van der Waals surface area contributed by atoms with Crippen LogP contribution in [0.3, 0.4) is 0 Å². The molecule has 0 aliphatic carbocycles. The van der Waals surface area contributed by atoms with E-state index in [9.17, 15) is 9.18 Å². The van der Waals surface area contributed by atoms with Gasteiger partial charge in [0.05, 0.1) is 38.0 Å². The minimum Gasteiger partial charge on any atom is -0.496 e. The Kier molecular flexibility index (Phi) is 7.82. The molecule has 1 amide bonds. The van der Waals surface area contributed by atoms with Gasteiger partial charge in [-0.1, -0.05) is 0 Å². The van der Waals surface area contributed by atoms with Crippen LogP contribution >= 0.6 is 0 Å². The third-order valence-corrected chi connectivity index (χ3v) is 5.52. The molecule has 8 heteroatoms. The fraction of sp³-hybridized carbons (Fsp3) is 0.455. The third kappa shape index (κ3) is 6.05. The molecule has 1 fully saturated rings. The molecule has 0 radical (unpaired) electrons. The van der Waals surface area contributed by atoms with Crippen molar-refractivity contribution in [2.75, 3.05) is 46.4 Å². The van der Waals surface area contributed by atoms with E-state index in [2.05, 4.69) is 6.07 Å². The minimum absolute atomic E-state index is 0.0342. The predicted molar refractivity (Wildman–Crippen MR) is 107 cm³/mol. The third-order valence-electron chi connectivity index (χ3n) is 5.52. The molecule has 1 aliphatic rings. The lowest BCUT2D eigenvalue weighted by Gasteiger charge is -2.31. The lowest BCUT2D eigenvalue weighted by atomic mass is 10.1. The van der Waals surface area contributed by atoms with Gasteiger partial charge in [0.1, 0.15) is 50.1 Å². The van der Waals surface area contributed by atoms with Crippen molar-refractivity contribution in [3.05, 3.63) is 53.7 Å². The van der Waals surface area contributed by atoms with E-state index in [1.165, 1.54) is 21.9 Å². The summed E-state index contributed by atoms with van der Waals surface area (Å²) in [5.41, 5.74) is 0.869. The van der Waals surface area contributed by atoms with Gasteiger partial charge in [-0.2, -0.15) is 5.26 Å². The van der Waals surface area contributed by atoms with Crippen LogP contribution in [0.25, 0.3) is 0 Å². The number of hydrogen-bond donors (Lipinski definition) is 2. The van der Waals surface area contributed by atoms with E-state index >= 15 is 0 Å². The molecule has 30 heavy (non-hydrogen) atoms. The van der Waals surface area contributed by atoms with Crippen LogP contribution < -0.4 is 14.5 Å². The van der Waals surface area contributed by atoms with Crippen LogP contribution in [0.1, 0.15) is 17.7 Å². The fourth-order valence-electron chi connectivity index (χ4n) is 3.86. The maximum absolute atomic E-state index is 13.6. The van der Waals surface area contributed by atoms with Gasteiger partial charge in [-0.3, -0.25) is 4.79 Å². The van der Waals surface area contributed by atoms with Crippen molar-refractivity contribution in [3.8, 4) is 11.8 Å². The van der Waals surface area contributed by atoms with Gasteiger partial charge in [-0.15, -0.1) is 0 Å². The Morgan fingerprint density at radius 2 is 2.03 bits per heavy atom. The van der Waals surface area contributed by atoms with Gasteiger partial charge in [-0.25, -0.2) is 4.39 Å². The zero-order valence-corrected chi connectivity index (χ0v) is 17.3. The molecule has 0 spiro atoms. The molecule has 1 aliphatic heterocycles. The summed E-state index contributed by atoms with van der Waals surface area (Å²) in [6, 6.07) is 10.4. The standard InChI is InChI=1S/C22H27FN4O3/c1-29-21-6-5-19(23)14-18(21)15-25-9-11-26(12-10-25)17-22(28)27(8-3-7-24)16-20-4-2-13-30-20/h2,4-6,13-14H,3,8-12,15-17H2,1H3/p+2. The maximum Gasteiger partial charge on any atom is 0.278 e. The molecule has 0 atom stereocenters. The topological polar surface area (TPSA) is 75.4 Å². The molecule has 160 valence electrons. The molecular formula is C22H29FN4O3+2. The van der Waals surface area contributed by atoms with Gasteiger partial charge >= 0.3 is 0 Å². The quantitative estimate of drug-likeness (QED) is 0.586. The van der Waals surface area contributed by atoms with Crippen molar-refractivity contribution in [2.24, 2.45) is 0 Å². The largest absolute Gasteiger partial charge is 0.496 e. The molecule has 2 heterocycles. The van der Waals surface area contributed by atoms with Crippen molar-refractivity contribution < 1.29 is 28.1 Å². The summed E-state index contributed by atoms with van der Waals surface area (Å²) in [5.74, 6) is 1.20. The van der Waals surface area contributed by atoms with E-state index in [1.807, 2.05) is 6.07 Å². The van der Waals surface area contributed by atoms with Crippen LogP contribution in [-0.2, 0) is 17.9 Å². The van der Waals surface area contributed by atoms with Crippen LogP contribution in [0.15, 0.2) is 41.0 Å². The number of halogens is 1. The normalized spacial score (nSPS) is 18.6. The molecule has 1 saturated heterocycles. The second-order valence-corrected chi connectivity index (χ2v) is 7.61. The van der Waals surface area contributed by atoms with Gasteiger partial charge in [0.15, 0.2) is 6.54 Å². The number of rotatable bonds is 9. The number of quaternary nitrogens is 2. The van der Waals surface area contributed by atoms with Gasteiger partial charge in [0.2, 0.25) is 0 Å². The molecule has 0 bridgehead atoms. The Labute approximate surface area is 176 Å². The number of furan rings is 1. The fourth-order valence-corrected chi connectivity index (χ4v) is 3.86. The smallest absolute Gasteiger partial charge is 0.278 e. The maximum atomic E-state index is 13.6. The number of amides is 1. The number of ether oxygens (including phenoxy) is 1.